The Morgan fingerprint density at radius 1 is 1.13 bits per heavy atom. The maximum atomic E-state index is 12.6. The second kappa shape index (κ2) is 5.61. The Morgan fingerprint density at radius 2 is 1.53 bits per heavy atom. The van der Waals surface area contributed by atoms with E-state index in [1.807, 2.05) is 0 Å². The van der Waals surface area contributed by atoms with Crippen molar-refractivity contribution < 1.29 is 9.36 Å². The monoisotopic (exact) mass is 236 g/mol. The highest BCUT2D eigenvalue weighted by Crippen LogP contribution is 2.51. The summed E-state index contributed by atoms with van der Waals surface area (Å²) in [7, 11) is 6.01. The van der Waals surface area contributed by atoms with Gasteiger partial charge in [-0.2, -0.15) is 0 Å². The van der Waals surface area contributed by atoms with Gasteiger partial charge in [0.1, 0.15) is 0 Å². The van der Waals surface area contributed by atoms with Gasteiger partial charge < -0.3 is 5.32 Å². The molecule has 0 radical (unpaired) electrons. The molecule has 1 N–H and O–H groups in total. The number of rotatable bonds is 5. The average molecular weight is 236 g/mol. The average Bonchev–Trinajstić information content (AvgIpc) is 2.11. The lowest BCUT2D eigenvalue weighted by Crippen LogP contribution is -2.39. The molecule has 1 amide bonds. The first-order chi connectivity index (χ1) is 6.72. The Hall–Kier alpha value is -0.420. The molecule has 15 heavy (non-hydrogen) atoms. The number of hydrogen-bond donors (Lipinski definition) is 1. The molecule has 0 aliphatic rings. The fourth-order valence-electron chi connectivity index (χ4n) is 1.29. The van der Waals surface area contributed by atoms with Gasteiger partial charge in [0.15, 0.2) is 0 Å². The first-order valence-corrected chi connectivity index (χ1v) is 6.21. The predicted octanol–water partition coefficient (Wildman–Crippen LogP) is 0.243. The summed E-state index contributed by atoms with van der Waals surface area (Å²) in [6.45, 7) is 1.70. The predicted molar refractivity (Wildman–Crippen MR) is 61.4 cm³/mol. The zero-order chi connectivity index (χ0) is 12.2. The highest BCUT2D eigenvalue weighted by Gasteiger charge is 2.32. The Kier molecular flexibility index (Phi) is 5.45. The normalized spacial score (nSPS) is 12.6. The molecule has 0 unspecified atom stereocenters. The topological polar surface area (TPSA) is 55.9 Å². The smallest absolute Gasteiger partial charge is 0.287 e. The summed E-state index contributed by atoms with van der Waals surface area (Å²) in [5.74, 6) is -0.133. The second-order valence-corrected chi connectivity index (χ2v) is 7.07. The number of nitrogens with one attached hydrogen (secondary N) is 1. The van der Waals surface area contributed by atoms with Crippen molar-refractivity contribution in [3.05, 3.63) is 0 Å². The molecular weight excluding hydrogens is 215 g/mol. The first kappa shape index (κ1) is 14.6. The van der Waals surface area contributed by atoms with Gasteiger partial charge in [-0.3, -0.25) is 9.36 Å². The van der Waals surface area contributed by atoms with Crippen LogP contribution >= 0.6 is 7.59 Å². The van der Waals surface area contributed by atoms with Crippen LogP contribution in [0.2, 0.25) is 0 Å². The zero-order valence-electron chi connectivity index (χ0n) is 10.3. The third-order valence-corrected chi connectivity index (χ3v) is 5.16. The molecular formula is C8H21N4O2P. The number of nitrogens with zero attached hydrogens (tertiary/aromatic N) is 3. The van der Waals surface area contributed by atoms with E-state index in [2.05, 4.69) is 5.32 Å². The van der Waals surface area contributed by atoms with Crippen LogP contribution < -0.4 is 5.32 Å². The minimum Gasteiger partial charge on any atom is -0.343 e. The third kappa shape index (κ3) is 3.57. The van der Waals surface area contributed by atoms with Gasteiger partial charge in [-0.25, -0.2) is 14.0 Å². The maximum Gasteiger partial charge on any atom is 0.287 e. The Morgan fingerprint density at radius 3 is 1.80 bits per heavy atom. The van der Waals surface area contributed by atoms with Crippen LogP contribution in [0.3, 0.4) is 0 Å². The minimum absolute atomic E-state index is 0.133. The largest absolute Gasteiger partial charge is 0.343 e. The molecule has 6 nitrogen and oxygen atoms in total. The van der Waals surface area contributed by atoms with Gasteiger partial charge in [-0.05, 0) is 35.2 Å². The van der Waals surface area contributed by atoms with E-state index in [0.717, 1.165) is 0 Å². The molecule has 90 valence electrons. The minimum atomic E-state index is -2.73. The van der Waals surface area contributed by atoms with Crippen molar-refractivity contribution in [2.45, 2.75) is 6.92 Å². The number of hydrogen-bond acceptors (Lipinski definition) is 2. The van der Waals surface area contributed by atoms with Gasteiger partial charge in [0.25, 0.3) is 7.59 Å². The van der Waals surface area contributed by atoms with E-state index in [-0.39, 0.29) is 12.6 Å². The van der Waals surface area contributed by atoms with Crippen LogP contribution in [0, 0.1) is 0 Å². The summed E-state index contributed by atoms with van der Waals surface area (Å²) in [6.07, 6.45) is 0. The Bertz CT molecular complexity index is 255. The van der Waals surface area contributed by atoms with E-state index in [1.54, 1.807) is 49.2 Å². The molecule has 0 heterocycles. The molecule has 0 fully saturated rings. The van der Waals surface area contributed by atoms with Gasteiger partial charge in [-0.15, -0.1) is 0 Å². The zero-order valence-corrected chi connectivity index (χ0v) is 11.2. The molecule has 0 bridgehead atoms. The van der Waals surface area contributed by atoms with Gasteiger partial charge in [0.05, 0.1) is 6.67 Å². The van der Waals surface area contributed by atoms with E-state index >= 15 is 0 Å². The molecule has 0 aliphatic heterocycles. The molecule has 0 aliphatic carbocycles. The van der Waals surface area contributed by atoms with Crippen LogP contribution in [0.25, 0.3) is 0 Å². The van der Waals surface area contributed by atoms with Crippen molar-refractivity contribution in [3.8, 4) is 0 Å². The van der Waals surface area contributed by atoms with Gasteiger partial charge in [0.2, 0.25) is 5.91 Å². The van der Waals surface area contributed by atoms with E-state index in [1.165, 1.54) is 6.92 Å². The van der Waals surface area contributed by atoms with Crippen LogP contribution in [0.5, 0.6) is 0 Å². The van der Waals surface area contributed by atoms with E-state index in [9.17, 15) is 9.36 Å². The third-order valence-electron chi connectivity index (χ3n) is 2.04. The van der Waals surface area contributed by atoms with Crippen molar-refractivity contribution in [1.29, 1.82) is 0 Å². The van der Waals surface area contributed by atoms with Crippen LogP contribution in [0.15, 0.2) is 0 Å². The lowest BCUT2D eigenvalue weighted by atomic mass is 10.7. The summed E-state index contributed by atoms with van der Waals surface area (Å²) in [5, 5.41) is 2.62. The van der Waals surface area contributed by atoms with Gasteiger partial charge >= 0.3 is 0 Å². The summed E-state index contributed by atoms with van der Waals surface area (Å²) in [6, 6.07) is 0. The lowest BCUT2D eigenvalue weighted by Gasteiger charge is -2.36. The highest BCUT2D eigenvalue weighted by atomic mass is 31.2. The molecule has 0 aromatic rings. The molecule has 0 spiro atoms. The standard InChI is InChI=1S/C8H21N4O2P/c1-8(13)9-7-12(6)15(14,10(2)3)11(4)5/h7H2,1-6H3,(H,9,13). The molecule has 0 saturated carbocycles. The molecule has 7 heteroatoms. The maximum absolute atomic E-state index is 12.6. The molecule has 0 atom stereocenters. The summed E-state index contributed by atoms with van der Waals surface area (Å²) >= 11 is 0. The first-order valence-electron chi connectivity index (χ1n) is 4.64. The number of carbonyl (C=O) groups excluding carboxylic acids is 1. The van der Waals surface area contributed by atoms with Crippen molar-refractivity contribution in [2.24, 2.45) is 0 Å². The van der Waals surface area contributed by atoms with Crippen molar-refractivity contribution in [3.63, 3.8) is 0 Å². The SMILES string of the molecule is CC(=O)NCN(C)P(=O)(N(C)C)N(C)C. The van der Waals surface area contributed by atoms with Crippen LogP contribution in [-0.4, -0.2) is 61.8 Å². The van der Waals surface area contributed by atoms with E-state index in [4.69, 9.17) is 0 Å². The van der Waals surface area contributed by atoms with Crippen molar-refractivity contribution >= 4 is 13.5 Å². The van der Waals surface area contributed by atoms with Crippen molar-refractivity contribution in [1.82, 2.24) is 19.3 Å². The number of amides is 1. The summed E-state index contributed by atoms with van der Waals surface area (Å²) < 4.78 is 17.5. The second-order valence-electron chi connectivity index (χ2n) is 3.76. The van der Waals surface area contributed by atoms with Crippen LogP contribution in [0.4, 0.5) is 0 Å². The van der Waals surface area contributed by atoms with Crippen molar-refractivity contribution in [2.75, 3.05) is 41.9 Å². The molecule has 0 saturated heterocycles. The molecule has 0 aromatic carbocycles. The summed E-state index contributed by atoms with van der Waals surface area (Å²) in [4.78, 5) is 10.8. The highest BCUT2D eigenvalue weighted by molar-refractivity contribution is 7.56. The van der Waals surface area contributed by atoms with E-state index in [0.29, 0.717) is 0 Å². The van der Waals surface area contributed by atoms with Crippen LogP contribution in [0.1, 0.15) is 6.92 Å². The van der Waals surface area contributed by atoms with Gasteiger partial charge in [0, 0.05) is 6.92 Å². The fourth-order valence-corrected chi connectivity index (χ4v) is 3.48. The van der Waals surface area contributed by atoms with Gasteiger partial charge in [-0.1, -0.05) is 0 Å². The molecule has 0 aromatic heterocycles. The Labute approximate surface area is 91.7 Å². The number of carbonyl (C=O) groups is 1. The quantitative estimate of drug-likeness (QED) is 0.547. The fraction of sp³-hybridized carbons (Fsp3) is 0.875. The summed E-state index contributed by atoms with van der Waals surface area (Å²) in [5.41, 5.74) is 0. The Balaban J connectivity index is 4.65. The van der Waals surface area contributed by atoms with Crippen LogP contribution in [-0.2, 0) is 9.36 Å². The lowest BCUT2D eigenvalue weighted by molar-refractivity contribution is -0.119. The van der Waals surface area contributed by atoms with E-state index < -0.39 is 7.59 Å². The molecule has 0 rings (SSSR count).